The van der Waals surface area contributed by atoms with Crippen LogP contribution in [0.3, 0.4) is 0 Å². The Kier molecular flexibility index (Phi) is 7.67. The third-order valence-corrected chi connectivity index (χ3v) is 6.61. The number of carboxylic acids is 1. The number of amides is 1. The van der Waals surface area contributed by atoms with E-state index in [4.69, 9.17) is 0 Å². The number of hydrogen-bond donors (Lipinski definition) is 2. The lowest BCUT2D eigenvalue weighted by molar-refractivity contribution is -0.132. The van der Waals surface area contributed by atoms with Gasteiger partial charge in [0.15, 0.2) is 0 Å². The molecular formula is C26H33N5O4. The normalized spacial score (nSPS) is 14.4. The zero-order chi connectivity index (χ0) is 24.9. The molecule has 0 radical (unpaired) electrons. The SMILES string of the molecule is CCN(CC)C(=O)CN1CCN(c2cccc(-n3c(CCO)nc4cc(C(=O)O)ccc43)c2)CC1. The Balaban J connectivity index is 1.54. The molecule has 0 spiro atoms. The van der Waals surface area contributed by atoms with E-state index in [1.165, 1.54) is 0 Å². The van der Waals surface area contributed by atoms with Gasteiger partial charge in [0.1, 0.15) is 5.82 Å². The molecule has 3 aromatic rings. The van der Waals surface area contributed by atoms with Gasteiger partial charge in [-0.15, -0.1) is 0 Å². The van der Waals surface area contributed by atoms with Crippen molar-refractivity contribution >= 4 is 28.6 Å². The minimum Gasteiger partial charge on any atom is -0.478 e. The van der Waals surface area contributed by atoms with Gasteiger partial charge in [-0.25, -0.2) is 9.78 Å². The zero-order valence-corrected chi connectivity index (χ0v) is 20.4. The van der Waals surface area contributed by atoms with Crippen molar-refractivity contribution in [1.82, 2.24) is 19.4 Å². The van der Waals surface area contributed by atoms with Crippen molar-refractivity contribution in [3.05, 3.63) is 53.9 Å². The van der Waals surface area contributed by atoms with Gasteiger partial charge in [0.05, 0.1) is 29.7 Å². The number of fused-ring (bicyclic) bond motifs is 1. The number of aromatic nitrogens is 2. The fraction of sp³-hybridized carbons (Fsp3) is 0.423. The number of likely N-dealkylation sites (N-methyl/N-ethyl adjacent to an activating group) is 1. The van der Waals surface area contributed by atoms with Gasteiger partial charge in [-0.05, 0) is 50.2 Å². The number of aliphatic hydroxyl groups excluding tert-OH is 1. The van der Waals surface area contributed by atoms with E-state index >= 15 is 0 Å². The molecule has 9 nitrogen and oxygen atoms in total. The first-order valence-electron chi connectivity index (χ1n) is 12.2. The molecule has 0 aliphatic carbocycles. The maximum atomic E-state index is 12.5. The monoisotopic (exact) mass is 479 g/mol. The summed E-state index contributed by atoms with van der Waals surface area (Å²) in [6.45, 7) is 9.18. The summed E-state index contributed by atoms with van der Waals surface area (Å²) in [4.78, 5) is 34.9. The van der Waals surface area contributed by atoms with E-state index < -0.39 is 5.97 Å². The summed E-state index contributed by atoms with van der Waals surface area (Å²) in [6, 6.07) is 13.1. The van der Waals surface area contributed by atoms with Crippen molar-refractivity contribution in [3.8, 4) is 5.69 Å². The Morgan fingerprint density at radius 3 is 2.37 bits per heavy atom. The van der Waals surface area contributed by atoms with Gasteiger partial charge in [-0.2, -0.15) is 0 Å². The number of benzene rings is 2. The van der Waals surface area contributed by atoms with Crippen LogP contribution in [0.25, 0.3) is 16.7 Å². The zero-order valence-electron chi connectivity index (χ0n) is 20.4. The topological polar surface area (TPSA) is 102 Å². The molecule has 0 bridgehead atoms. The highest BCUT2D eigenvalue weighted by Crippen LogP contribution is 2.27. The highest BCUT2D eigenvalue weighted by atomic mass is 16.4. The summed E-state index contributed by atoms with van der Waals surface area (Å²) in [5.74, 6) is -0.132. The summed E-state index contributed by atoms with van der Waals surface area (Å²) >= 11 is 0. The third kappa shape index (κ3) is 5.31. The predicted molar refractivity (Wildman–Crippen MR) is 135 cm³/mol. The van der Waals surface area contributed by atoms with Crippen molar-refractivity contribution in [2.45, 2.75) is 20.3 Å². The number of carboxylic acid groups (broad SMARTS) is 1. The second-order valence-electron chi connectivity index (χ2n) is 8.69. The van der Waals surface area contributed by atoms with E-state index in [1.807, 2.05) is 35.4 Å². The minimum atomic E-state index is -0.995. The third-order valence-electron chi connectivity index (χ3n) is 6.61. The van der Waals surface area contributed by atoms with Crippen LogP contribution in [0.4, 0.5) is 5.69 Å². The van der Waals surface area contributed by atoms with Gasteiger partial charge in [0.25, 0.3) is 0 Å². The molecule has 1 aliphatic rings. The lowest BCUT2D eigenvalue weighted by atomic mass is 10.2. The molecule has 186 valence electrons. The van der Waals surface area contributed by atoms with Crippen molar-refractivity contribution in [3.63, 3.8) is 0 Å². The van der Waals surface area contributed by atoms with E-state index in [0.29, 0.717) is 24.3 Å². The fourth-order valence-corrected chi connectivity index (χ4v) is 4.68. The van der Waals surface area contributed by atoms with Gasteiger partial charge in [0, 0.05) is 57.1 Å². The van der Waals surface area contributed by atoms with Gasteiger partial charge in [-0.3, -0.25) is 14.3 Å². The average molecular weight is 480 g/mol. The van der Waals surface area contributed by atoms with Crippen LogP contribution in [-0.4, -0.2) is 93.9 Å². The van der Waals surface area contributed by atoms with Crippen molar-refractivity contribution < 1.29 is 19.8 Å². The highest BCUT2D eigenvalue weighted by Gasteiger charge is 2.22. The number of rotatable bonds is 9. The lowest BCUT2D eigenvalue weighted by Crippen LogP contribution is -2.50. The number of nitrogens with zero attached hydrogens (tertiary/aromatic N) is 5. The van der Waals surface area contributed by atoms with Gasteiger partial charge in [-0.1, -0.05) is 6.07 Å². The second-order valence-corrected chi connectivity index (χ2v) is 8.69. The Bertz CT molecular complexity index is 1200. The molecule has 1 saturated heterocycles. The Hall–Kier alpha value is -3.43. The van der Waals surface area contributed by atoms with Crippen LogP contribution < -0.4 is 4.90 Å². The molecule has 0 atom stereocenters. The molecule has 1 aliphatic heterocycles. The van der Waals surface area contributed by atoms with Crippen LogP contribution in [0, 0.1) is 0 Å². The summed E-state index contributed by atoms with van der Waals surface area (Å²) in [7, 11) is 0. The average Bonchev–Trinajstić information content (AvgIpc) is 3.22. The highest BCUT2D eigenvalue weighted by molar-refractivity contribution is 5.93. The van der Waals surface area contributed by atoms with E-state index in [0.717, 1.165) is 56.2 Å². The number of aliphatic hydroxyl groups is 1. The van der Waals surface area contributed by atoms with E-state index in [2.05, 4.69) is 26.9 Å². The number of aromatic carboxylic acids is 1. The summed E-state index contributed by atoms with van der Waals surface area (Å²) in [5.41, 5.74) is 3.57. The summed E-state index contributed by atoms with van der Waals surface area (Å²) in [6.07, 6.45) is 0.362. The number of carbonyl (C=O) groups excluding carboxylic acids is 1. The first-order valence-corrected chi connectivity index (χ1v) is 12.2. The molecule has 1 amide bonds. The van der Waals surface area contributed by atoms with Gasteiger partial charge >= 0.3 is 5.97 Å². The number of imidazole rings is 1. The minimum absolute atomic E-state index is 0.0526. The lowest BCUT2D eigenvalue weighted by Gasteiger charge is -2.36. The smallest absolute Gasteiger partial charge is 0.335 e. The van der Waals surface area contributed by atoms with Crippen LogP contribution in [0.5, 0.6) is 0 Å². The van der Waals surface area contributed by atoms with Crippen LogP contribution in [-0.2, 0) is 11.2 Å². The van der Waals surface area contributed by atoms with Gasteiger partial charge < -0.3 is 20.0 Å². The second kappa shape index (κ2) is 10.9. The molecule has 2 heterocycles. The molecule has 9 heteroatoms. The number of anilines is 1. The maximum Gasteiger partial charge on any atom is 0.335 e. The molecule has 35 heavy (non-hydrogen) atoms. The molecule has 0 unspecified atom stereocenters. The van der Waals surface area contributed by atoms with E-state index in [9.17, 15) is 19.8 Å². The van der Waals surface area contributed by atoms with Crippen LogP contribution >= 0.6 is 0 Å². The molecular weight excluding hydrogens is 446 g/mol. The first kappa shape index (κ1) is 24.7. The number of carbonyl (C=O) groups is 2. The largest absolute Gasteiger partial charge is 0.478 e. The quantitative estimate of drug-likeness (QED) is 0.485. The van der Waals surface area contributed by atoms with Crippen LogP contribution in [0.15, 0.2) is 42.5 Å². The van der Waals surface area contributed by atoms with Crippen molar-refractivity contribution in [2.75, 3.05) is 57.3 Å². The van der Waals surface area contributed by atoms with E-state index in [1.54, 1.807) is 18.2 Å². The van der Waals surface area contributed by atoms with Crippen molar-refractivity contribution in [1.29, 1.82) is 0 Å². The van der Waals surface area contributed by atoms with Crippen molar-refractivity contribution in [2.24, 2.45) is 0 Å². The molecule has 0 saturated carbocycles. The molecule has 4 rings (SSSR count). The molecule has 1 aromatic heterocycles. The first-order chi connectivity index (χ1) is 16.9. The Labute approximate surface area is 205 Å². The van der Waals surface area contributed by atoms with Gasteiger partial charge in [0.2, 0.25) is 5.91 Å². The summed E-state index contributed by atoms with van der Waals surface area (Å²) < 4.78 is 1.99. The van der Waals surface area contributed by atoms with Crippen LogP contribution in [0.2, 0.25) is 0 Å². The molecule has 2 N–H and O–H groups in total. The standard InChI is InChI=1S/C26H33N5O4/c1-3-29(4-2)25(33)18-28-11-13-30(14-12-28)20-6-5-7-21(17-20)31-23-9-8-19(26(34)35)16-22(23)27-24(31)10-15-32/h5-9,16-17,32H,3-4,10-15,18H2,1-2H3,(H,34,35). The van der Waals surface area contributed by atoms with E-state index in [-0.39, 0.29) is 18.1 Å². The predicted octanol–water partition coefficient (Wildman–Crippen LogP) is 2.25. The maximum absolute atomic E-state index is 12.5. The molecule has 1 fully saturated rings. The summed E-state index contributed by atoms with van der Waals surface area (Å²) in [5, 5.41) is 18.9. The van der Waals surface area contributed by atoms with Crippen LogP contribution in [0.1, 0.15) is 30.0 Å². The Morgan fingerprint density at radius 2 is 1.71 bits per heavy atom. The Morgan fingerprint density at radius 1 is 1.00 bits per heavy atom. The fourth-order valence-electron chi connectivity index (χ4n) is 4.68. The number of hydrogen-bond acceptors (Lipinski definition) is 6. The molecule has 2 aromatic carbocycles. The number of piperazine rings is 1.